The van der Waals surface area contributed by atoms with Crippen LogP contribution < -0.4 is 10.6 Å². The lowest BCUT2D eigenvalue weighted by atomic mass is 10.0. The first kappa shape index (κ1) is 22.2. The number of carbonyl (C=O) groups excluding carboxylic acids is 2. The molecule has 0 spiro atoms. The van der Waals surface area contributed by atoms with Crippen LogP contribution in [-0.2, 0) is 9.59 Å². The minimum atomic E-state index is -0.620. The molecule has 0 aliphatic carbocycles. The molecule has 1 saturated heterocycles. The summed E-state index contributed by atoms with van der Waals surface area (Å²) in [5, 5.41) is 26.2. The number of aliphatic hydroxyl groups excluding tert-OH is 1. The topological polar surface area (TPSA) is 102 Å². The van der Waals surface area contributed by atoms with Gasteiger partial charge in [-0.2, -0.15) is 0 Å². The molecule has 2 amide bonds. The van der Waals surface area contributed by atoms with Crippen molar-refractivity contribution in [1.82, 2.24) is 15.5 Å². The van der Waals surface area contributed by atoms with E-state index in [1.54, 1.807) is 29.2 Å². The number of hydrogen-bond acceptors (Lipinski definition) is 5. The zero-order valence-electron chi connectivity index (χ0n) is 16.9. The van der Waals surface area contributed by atoms with Crippen LogP contribution in [0.2, 0.25) is 0 Å². The smallest absolute Gasteiger partial charge is 0.225 e. The van der Waals surface area contributed by atoms with Gasteiger partial charge in [0.05, 0.1) is 6.10 Å². The molecule has 0 aromatic heterocycles. The molecule has 2 rings (SSSR count). The molecule has 1 heterocycles. The average Bonchev–Trinajstić information content (AvgIpc) is 2.69. The second-order valence-electron chi connectivity index (χ2n) is 7.54. The van der Waals surface area contributed by atoms with Crippen LogP contribution in [0.5, 0.6) is 5.75 Å². The second kappa shape index (κ2) is 11.0. The van der Waals surface area contributed by atoms with E-state index in [4.69, 9.17) is 0 Å². The van der Waals surface area contributed by atoms with Crippen LogP contribution in [-0.4, -0.2) is 59.2 Å². The van der Waals surface area contributed by atoms with Crippen molar-refractivity contribution in [2.24, 2.45) is 5.92 Å². The summed E-state index contributed by atoms with van der Waals surface area (Å²) in [4.78, 5) is 26.6. The number of phenols is 1. The van der Waals surface area contributed by atoms with Gasteiger partial charge in [-0.3, -0.25) is 9.59 Å². The van der Waals surface area contributed by atoms with E-state index in [0.29, 0.717) is 39.0 Å². The van der Waals surface area contributed by atoms with Crippen LogP contribution in [0, 0.1) is 5.92 Å². The van der Waals surface area contributed by atoms with Gasteiger partial charge in [-0.15, -0.1) is 0 Å². The van der Waals surface area contributed by atoms with E-state index in [1.807, 2.05) is 13.8 Å². The number of hydrogen-bond donors (Lipinski definition) is 4. The second-order valence-corrected chi connectivity index (χ2v) is 7.54. The molecule has 0 bridgehead atoms. The number of nitrogens with one attached hydrogen (secondary N) is 2. The summed E-state index contributed by atoms with van der Waals surface area (Å²) in [7, 11) is 0. The van der Waals surface area contributed by atoms with E-state index >= 15 is 0 Å². The minimum absolute atomic E-state index is 0.0534. The van der Waals surface area contributed by atoms with Crippen LogP contribution in [0.25, 0.3) is 0 Å². The van der Waals surface area contributed by atoms with Crippen molar-refractivity contribution in [3.8, 4) is 5.75 Å². The first-order valence-electron chi connectivity index (χ1n) is 10.2. The van der Waals surface area contributed by atoms with Gasteiger partial charge >= 0.3 is 0 Å². The molecule has 4 N–H and O–H groups in total. The van der Waals surface area contributed by atoms with Gasteiger partial charge in [0.25, 0.3) is 0 Å². The van der Waals surface area contributed by atoms with Gasteiger partial charge in [-0.05, 0) is 43.5 Å². The maximum absolute atomic E-state index is 12.6. The summed E-state index contributed by atoms with van der Waals surface area (Å²) in [5.41, 5.74) is 0.908. The first-order valence-corrected chi connectivity index (χ1v) is 10.2. The molecule has 1 aromatic rings. The highest BCUT2D eigenvalue weighted by Gasteiger charge is 2.23. The van der Waals surface area contributed by atoms with Crippen LogP contribution >= 0.6 is 0 Å². The van der Waals surface area contributed by atoms with E-state index in [-0.39, 0.29) is 35.9 Å². The van der Waals surface area contributed by atoms with Gasteiger partial charge in [-0.25, -0.2) is 0 Å². The Kier molecular flexibility index (Phi) is 8.73. The third kappa shape index (κ3) is 6.80. The largest absolute Gasteiger partial charge is 0.508 e. The molecule has 156 valence electrons. The lowest BCUT2D eigenvalue weighted by molar-refractivity contribution is -0.136. The number of aromatic hydroxyl groups is 1. The molecule has 28 heavy (non-hydrogen) atoms. The van der Waals surface area contributed by atoms with E-state index in [1.165, 1.54) is 0 Å². The van der Waals surface area contributed by atoms with Crippen molar-refractivity contribution in [2.75, 3.05) is 26.2 Å². The Morgan fingerprint density at radius 1 is 1.29 bits per heavy atom. The van der Waals surface area contributed by atoms with E-state index in [9.17, 15) is 19.8 Å². The predicted octanol–water partition coefficient (Wildman–Crippen LogP) is 1.56. The minimum Gasteiger partial charge on any atom is -0.508 e. The number of carbonyl (C=O) groups is 2. The maximum atomic E-state index is 12.6. The Labute approximate surface area is 167 Å². The highest BCUT2D eigenvalue weighted by atomic mass is 16.3. The molecule has 1 aromatic carbocycles. The summed E-state index contributed by atoms with van der Waals surface area (Å²) in [6, 6.07) is 6.58. The number of β-amino-alcohol motifs (C(OH)–C–C–N with tert-alkyl or cyclic N) is 1. The van der Waals surface area contributed by atoms with Gasteiger partial charge in [0.15, 0.2) is 0 Å². The van der Waals surface area contributed by atoms with Crippen molar-refractivity contribution < 1.29 is 19.8 Å². The third-order valence-corrected chi connectivity index (χ3v) is 5.26. The number of rotatable bonds is 3. The predicted molar refractivity (Wildman–Crippen MR) is 108 cm³/mol. The number of amides is 2. The van der Waals surface area contributed by atoms with E-state index in [0.717, 1.165) is 12.0 Å². The molecule has 3 atom stereocenters. The molecule has 0 saturated carbocycles. The molecule has 7 heteroatoms. The fraction of sp³-hybridized carbons (Fsp3) is 0.619. The Bertz CT molecular complexity index is 635. The van der Waals surface area contributed by atoms with Gasteiger partial charge in [0.2, 0.25) is 11.8 Å². The van der Waals surface area contributed by atoms with Gasteiger partial charge in [-0.1, -0.05) is 26.0 Å². The standard InChI is InChI=1S/C21H33N3O4/c1-3-15(2)21(28)24-12-4-10-23-20(27)13-19(22-11-9-18(26)14-24)16-5-7-17(25)8-6-16/h5-8,15,18-19,22,25-26H,3-4,9-14H2,1-2H3,(H,23,27)/t15-,18+,19-/m0/s1. The number of nitrogens with zero attached hydrogens (tertiary/aromatic N) is 1. The van der Waals surface area contributed by atoms with Gasteiger partial charge < -0.3 is 25.7 Å². The Balaban J connectivity index is 2.06. The normalized spacial score (nSPS) is 23.7. The van der Waals surface area contributed by atoms with Crippen LogP contribution in [0.4, 0.5) is 0 Å². The average molecular weight is 392 g/mol. The van der Waals surface area contributed by atoms with Crippen LogP contribution in [0.3, 0.4) is 0 Å². The molecular weight excluding hydrogens is 358 g/mol. The Morgan fingerprint density at radius 3 is 2.68 bits per heavy atom. The van der Waals surface area contributed by atoms with Gasteiger partial charge in [0, 0.05) is 38.0 Å². The lowest BCUT2D eigenvalue weighted by Gasteiger charge is -2.28. The molecule has 0 radical (unpaired) electrons. The molecule has 0 unspecified atom stereocenters. The van der Waals surface area contributed by atoms with Crippen molar-refractivity contribution >= 4 is 11.8 Å². The highest BCUT2D eigenvalue weighted by Crippen LogP contribution is 2.20. The SMILES string of the molecule is CC[C@H](C)C(=O)N1CCCNC(=O)C[C@@H](c2ccc(O)cc2)NCC[C@@H](O)C1. The Morgan fingerprint density at radius 2 is 2.00 bits per heavy atom. The first-order chi connectivity index (χ1) is 13.4. The third-order valence-electron chi connectivity index (χ3n) is 5.26. The molecule has 1 aliphatic rings. The molecular formula is C21H33N3O4. The summed E-state index contributed by atoms with van der Waals surface area (Å²) < 4.78 is 0. The number of aliphatic hydroxyl groups is 1. The highest BCUT2D eigenvalue weighted by molar-refractivity contribution is 5.78. The quantitative estimate of drug-likeness (QED) is 0.626. The van der Waals surface area contributed by atoms with Crippen molar-refractivity contribution in [3.63, 3.8) is 0 Å². The molecule has 1 fully saturated rings. The number of benzene rings is 1. The fourth-order valence-electron chi connectivity index (χ4n) is 3.32. The van der Waals surface area contributed by atoms with Crippen molar-refractivity contribution in [2.45, 2.75) is 51.7 Å². The fourth-order valence-corrected chi connectivity index (χ4v) is 3.32. The van der Waals surface area contributed by atoms with E-state index < -0.39 is 6.10 Å². The molecule has 7 nitrogen and oxygen atoms in total. The van der Waals surface area contributed by atoms with Crippen LogP contribution in [0.15, 0.2) is 24.3 Å². The van der Waals surface area contributed by atoms with Gasteiger partial charge in [0.1, 0.15) is 5.75 Å². The van der Waals surface area contributed by atoms with E-state index in [2.05, 4.69) is 10.6 Å². The summed E-state index contributed by atoms with van der Waals surface area (Å²) in [6.45, 7) is 5.72. The van der Waals surface area contributed by atoms with Crippen molar-refractivity contribution in [1.29, 1.82) is 0 Å². The number of phenolic OH excluding ortho intramolecular Hbond substituents is 1. The Hall–Kier alpha value is -2.12. The van der Waals surface area contributed by atoms with Crippen molar-refractivity contribution in [3.05, 3.63) is 29.8 Å². The monoisotopic (exact) mass is 391 g/mol. The maximum Gasteiger partial charge on any atom is 0.225 e. The lowest BCUT2D eigenvalue weighted by Crippen LogP contribution is -2.42. The summed E-state index contributed by atoms with van der Waals surface area (Å²) in [6.07, 6.45) is 1.55. The summed E-state index contributed by atoms with van der Waals surface area (Å²) >= 11 is 0. The zero-order chi connectivity index (χ0) is 20.5. The summed E-state index contributed by atoms with van der Waals surface area (Å²) in [5.74, 6) is 0.0941. The molecule has 1 aliphatic heterocycles. The zero-order valence-corrected chi connectivity index (χ0v) is 16.9. The van der Waals surface area contributed by atoms with Crippen LogP contribution in [0.1, 0.15) is 51.1 Å².